The second-order valence-corrected chi connectivity index (χ2v) is 13.2. The summed E-state index contributed by atoms with van der Waals surface area (Å²) in [5.41, 5.74) is 0.684. The van der Waals surface area contributed by atoms with E-state index in [1.807, 2.05) is 56.3 Å². The minimum atomic E-state index is -1.02. The Hall–Kier alpha value is -2.36. The second-order valence-electron chi connectivity index (χ2n) is 10.5. The molecule has 37 heavy (non-hydrogen) atoms. The number of carbonyl (C=O) groups excluding carboxylic acids is 2. The highest BCUT2D eigenvalue weighted by Gasteiger charge is 2.76. The highest BCUT2D eigenvalue weighted by molar-refractivity contribution is 9.09. The molecule has 196 valence electrons. The lowest BCUT2D eigenvalue weighted by Gasteiger charge is -2.40. The van der Waals surface area contributed by atoms with Crippen molar-refractivity contribution in [2.24, 2.45) is 17.8 Å². The predicted molar refractivity (Wildman–Crippen MR) is 149 cm³/mol. The van der Waals surface area contributed by atoms with Crippen LogP contribution in [0.5, 0.6) is 0 Å². The molecular weight excluding hydrogens is 556 g/mol. The Morgan fingerprint density at radius 1 is 1.27 bits per heavy atom. The molecule has 2 aromatic carbocycles. The molecule has 0 aromatic heterocycles. The van der Waals surface area contributed by atoms with Crippen LogP contribution < -0.4 is 4.90 Å². The van der Waals surface area contributed by atoms with Crippen LogP contribution in [0, 0.1) is 17.8 Å². The molecule has 2 N–H and O–H groups in total. The van der Waals surface area contributed by atoms with Gasteiger partial charge in [-0.25, -0.2) is 0 Å². The number of amides is 2. The SMILES string of the molecule is C=CCN(C(=O)C1N([C@@H](CO)C(C)C)C(=O)[C@@H]2[C@@H](C(=O)O)[C@@H]3SC12CC3Br)c1ccc2ccccc2c1. The van der Waals surface area contributed by atoms with E-state index in [9.17, 15) is 24.6 Å². The maximum atomic E-state index is 14.6. The summed E-state index contributed by atoms with van der Waals surface area (Å²) in [4.78, 5) is 44.1. The van der Waals surface area contributed by atoms with E-state index in [0.29, 0.717) is 12.1 Å². The van der Waals surface area contributed by atoms with Crippen molar-refractivity contribution in [3.05, 3.63) is 55.1 Å². The summed E-state index contributed by atoms with van der Waals surface area (Å²) in [6, 6.07) is 12.2. The average molecular weight is 588 g/mol. The number of anilines is 1. The number of likely N-dealkylation sites (tertiary alicyclic amines) is 1. The van der Waals surface area contributed by atoms with Crippen molar-refractivity contribution >= 4 is 61.9 Å². The molecule has 2 aromatic rings. The lowest BCUT2D eigenvalue weighted by atomic mass is 9.71. The van der Waals surface area contributed by atoms with E-state index in [4.69, 9.17) is 0 Å². The molecule has 0 aliphatic carbocycles. The largest absolute Gasteiger partial charge is 0.481 e. The molecule has 5 rings (SSSR count). The Balaban J connectivity index is 1.65. The van der Waals surface area contributed by atoms with Gasteiger partial charge in [-0.15, -0.1) is 18.3 Å². The quantitative estimate of drug-likeness (QED) is 0.359. The number of alkyl halides is 1. The molecule has 3 unspecified atom stereocenters. The number of rotatable bonds is 8. The third-order valence-electron chi connectivity index (χ3n) is 8.18. The molecule has 7 nitrogen and oxygen atoms in total. The van der Waals surface area contributed by atoms with Gasteiger partial charge in [-0.3, -0.25) is 14.4 Å². The summed E-state index contributed by atoms with van der Waals surface area (Å²) >= 11 is 5.14. The molecule has 2 bridgehead atoms. The third kappa shape index (κ3) is 3.92. The summed E-state index contributed by atoms with van der Waals surface area (Å²) in [6.07, 6.45) is 2.16. The molecule has 3 aliphatic rings. The number of hydrogen-bond donors (Lipinski definition) is 2. The van der Waals surface area contributed by atoms with Gasteiger partial charge < -0.3 is 20.0 Å². The first-order chi connectivity index (χ1) is 17.7. The Bertz CT molecular complexity index is 1270. The van der Waals surface area contributed by atoms with Gasteiger partial charge in [-0.1, -0.05) is 66.2 Å². The molecule has 3 heterocycles. The molecule has 3 saturated heterocycles. The van der Waals surface area contributed by atoms with Gasteiger partial charge in [-0.2, -0.15) is 0 Å². The molecule has 1 spiro atoms. The smallest absolute Gasteiger partial charge is 0.308 e. The molecule has 7 atom stereocenters. The minimum Gasteiger partial charge on any atom is -0.481 e. The van der Waals surface area contributed by atoms with Crippen LogP contribution in [0.2, 0.25) is 0 Å². The highest BCUT2D eigenvalue weighted by Crippen LogP contribution is 2.68. The van der Waals surface area contributed by atoms with E-state index in [1.165, 1.54) is 16.7 Å². The van der Waals surface area contributed by atoms with Crippen molar-refractivity contribution in [3.8, 4) is 0 Å². The van der Waals surface area contributed by atoms with Crippen molar-refractivity contribution in [1.82, 2.24) is 4.90 Å². The summed E-state index contributed by atoms with van der Waals surface area (Å²) in [5.74, 6) is -3.47. The zero-order valence-corrected chi connectivity index (χ0v) is 23.2. The monoisotopic (exact) mass is 586 g/mol. The first-order valence-electron chi connectivity index (χ1n) is 12.5. The van der Waals surface area contributed by atoms with Crippen LogP contribution >= 0.6 is 27.7 Å². The number of thioether (sulfide) groups is 1. The summed E-state index contributed by atoms with van der Waals surface area (Å²) in [5, 5.41) is 22.2. The van der Waals surface area contributed by atoms with Crippen molar-refractivity contribution in [2.45, 2.75) is 47.2 Å². The van der Waals surface area contributed by atoms with Crippen LogP contribution in [0.1, 0.15) is 20.3 Å². The Labute approximate surface area is 229 Å². The van der Waals surface area contributed by atoms with E-state index in [2.05, 4.69) is 22.5 Å². The lowest BCUT2D eigenvalue weighted by molar-refractivity contribution is -0.149. The molecular formula is C28H31BrN2O5S. The number of aliphatic hydroxyl groups excluding tert-OH is 1. The van der Waals surface area contributed by atoms with Crippen LogP contribution in [-0.2, 0) is 14.4 Å². The topological polar surface area (TPSA) is 98.2 Å². The van der Waals surface area contributed by atoms with E-state index in [0.717, 1.165) is 10.8 Å². The first kappa shape index (κ1) is 26.3. The molecule has 3 fully saturated rings. The lowest BCUT2D eigenvalue weighted by Crippen LogP contribution is -2.58. The van der Waals surface area contributed by atoms with Crippen LogP contribution in [-0.4, -0.2) is 73.0 Å². The highest BCUT2D eigenvalue weighted by atomic mass is 79.9. The fraction of sp³-hybridized carbons (Fsp3) is 0.464. The van der Waals surface area contributed by atoms with Gasteiger partial charge in [0.2, 0.25) is 5.91 Å². The number of benzene rings is 2. The Morgan fingerprint density at radius 2 is 1.97 bits per heavy atom. The van der Waals surface area contributed by atoms with E-state index in [1.54, 1.807) is 11.0 Å². The number of fused-ring (bicyclic) bond motifs is 2. The first-order valence-corrected chi connectivity index (χ1v) is 14.3. The van der Waals surface area contributed by atoms with Gasteiger partial charge in [0.25, 0.3) is 5.91 Å². The summed E-state index contributed by atoms with van der Waals surface area (Å²) in [6.45, 7) is 7.59. The molecule has 3 aliphatic heterocycles. The van der Waals surface area contributed by atoms with Gasteiger partial charge in [0.05, 0.1) is 29.2 Å². The fourth-order valence-electron chi connectivity index (χ4n) is 6.55. The normalized spacial score (nSPS) is 31.1. The zero-order chi connectivity index (χ0) is 26.6. The van der Waals surface area contributed by atoms with Crippen molar-refractivity contribution in [3.63, 3.8) is 0 Å². The van der Waals surface area contributed by atoms with Crippen molar-refractivity contribution in [1.29, 1.82) is 0 Å². The van der Waals surface area contributed by atoms with E-state index >= 15 is 0 Å². The van der Waals surface area contributed by atoms with Gasteiger partial charge in [0, 0.05) is 22.3 Å². The van der Waals surface area contributed by atoms with Gasteiger partial charge in [0.1, 0.15) is 6.04 Å². The Kier molecular flexibility index (Phi) is 6.92. The molecule has 0 saturated carbocycles. The maximum absolute atomic E-state index is 14.6. The second kappa shape index (κ2) is 9.75. The number of carboxylic acids is 1. The summed E-state index contributed by atoms with van der Waals surface area (Å²) < 4.78 is -0.894. The predicted octanol–water partition coefficient (Wildman–Crippen LogP) is 3.92. The number of aliphatic carboxylic acids is 1. The van der Waals surface area contributed by atoms with Gasteiger partial charge in [0.15, 0.2) is 0 Å². The fourth-order valence-corrected chi connectivity index (χ4v) is 10.1. The average Bonchev–Trinajstić information content (AvgIpc) is 3.46. The van der Waals surface area contributed by atoms with Gasteiger partial charge >= 0.3 is 5.97 Å². The zero-order valence-electron chi connectivity index (χ0n) is 20.8. The number of nitrogens with zero attached hydrogens (tertiary/aromatic N) is 2. The number of carboxylic acid groups (broad SMARTS) is 1. The number of hydrogen-bond acceptors (Lipinski definition) is 5. The maximum Gasteiger partial charge on any atom is 0.308 e. The van der Waals surface area contributed by atoms with Crippen molar-refractivity contribution in [2.75, 3.05) is 18.1 Å². The van der Waals surface area contributed by atoms with Crippen molar-refractivity contribution < 1.29 is 24.6 Å². The van der Waals surface area contributed by atoms with Crippen LogP contribution in [0.15, 0.2) is 55.1 Å². The van der Waals surface area contributed by atoms with Gasteiger partial charge in [-0.05, 0) is 35.2 Å². The Morgan fingerprint density at radius 3 is 2.59 bits per heavy atom. The standard InChI is InChI=1S/C28H31BrN2O5S/c1-4-11-30(18-10-9-16-7-5-6-8-17(16)12-18)26(34)24-28-13-19(29)23(37-28)21(27(35)36)22(28)25(33)31(24)20(14-32)15(2)3/h4-10,12,15,19-24,32H,1,11,13-14H2,2-3H3,(H,35,36)/t19?,20-,21+,22-,23+,24?,28?/m0/s1. The van der Waals surface area contributed by atoms with Crippen LogP contribution in [0.4, 0.5) is 5.69 Å². The number of carbonyl (C=O) groups is 3. The molecule has 2 amide bonds. The van der Waals surface area contributed by atoms with E-state index in [-0.39, 0.29) is 41.0 Å². The minimum absolute atomic E-state index is 0.127. The summed E-state index contributed by atoms with van der Waals surface area (Å²) in [7, 11) is 0. The molecule has 9 heteroatoms. The van der Waals surface area contributed by atoms with E-state index < -0.39 is 34.6 Å². The van der Waals surface area contributed by atoms with Crippen LogP contribution in [0.25, 0.3) is 10.8 Å². The van der Waals surface area contributed by atoms with Crippen LogP contribution in [0.3, 0.4) is 0 Å². The third-order valence-corrected chi connectivity index (χ3v) is 11.4. The molecule has 0 radical (unpaired) electrons. The number of halogens is 1. The number of aliphatic hydroxyl groups is 1.